The summed E-state index contributed by atoms with van der Waals surface area (Å²) in [6.45, 7) is 6.85. The van der Waals surface area contributed by atoms with E-state index < -0.39 is 0 Å². The van der Waals surface area contributed by atoms with Crippen molar-refractivity contribution in [2.75, 3.05) is 4.90 Å². The van der Waals surface area contributed by atoms with Gasteiger partial charge >= 0.3 is 6.85 Å². The standard InChI is InChI=1S/C54H35BN2OS2/c1-54(2,3)31-24-25-40(37(26-31)30-14-5-4-6-15-30)56-41-29-47-38(32-16-8-11-22-45(32)59-47)27-39(41)55-51-42(56)28-44-49(33-17-7-10-21-43(33)58-44)50(51)36-20-13-19-35-48-34-18-9-12-23-46(34)60-53(48)57(55)52(35)36/h4-29H,1-3H3. The first-order chi connectivity index (χ1) is 29.4. The molecule has 282 valence electrons. The molecule has 8 aromatic carbocycles. The van der Waals surface area contributed by atoms with E-state index in [1.54, 1.807) is 0 Å². The van der Waals surface area contributed by atoms with Crippen LogP contribution in [0.25, 0.3) is 95.6 Å². The Morgan fingerprint density at radius 2 is 1.25 bits per heavy atom. The third kappa shape index (κ3) is 4.24. The molecule has 0 aliphatic carbocycles. The number of anilines is 3. The smallest absolute Gasteiger partial charge is 0.333 e. The number of fused-ring (bicyclic) bond motifs is 16. The van der Waals surface area contributed by atoms with Crippen LogP contribution >= 0.6 is 22.7 Å². The maximum Gasteiger partial charge on any atom is 0.333 e. The Morgan fingerprint density at radius 3 is 2.08 bits per heavy atom. The lowest BCUT2D eigenvalue weighted by Crippen LogP contribution is -2.56. The van der Waals surface area contributed by atoms with E-state index in [2.05, 4.69) is 188 Å². The minimum atomic E-state index is -0.0839. The highest BCUT2D eigenvalue weighted by Gasteiger charge is 2.45. The largest absolute Gasteiger partial charge is 0.456 e. The molecule has 2 aliphatic heterocycles. The van der Waals surface area contributed by atoms with E-state index in [0.29, 0.717) is 0 Å². The van der Waals surface area contributed by atoms with Crippen LogP contribution in [0.5, 0.6) is 0 Å². The molecule has 12 aromatic rings. The van der Waals surface area contributed by atoms with Gasteiger partial charge in [-0.3, -0.25) is 0 Å². The Morgan fingerprint density at radius 1 is 0.517 bits per heavy atom. The van der Waals surface area contributed by atoms with Crippen LogP contribution in [-0.2, 0) is 5.41 Å². The first-order valence-corrected chi connectivity index (χ1v) is 22.4. The second kappa shape index (κ2) is 11.6. The molecule has 4 aromatic heterocycles. The van der Waals surface area contributed by atoms with Gasteiger partial charge < -0.3 is 13.8 Å². The van der Waals surface area contributed by atoms with Crippen LogP contribution in [0.1, 0.15) is 26.3 Å². The predicted octanol–water partition coefficient (Wildman–Crippen LogP) is 14.7. The summed E-state index contributed by atoms with van der Waals surface area (Å²) in [6.07, 6.45) is 0. The summed E-state index contributed by atoms with van der Waals surface area (Å²) in [5.74, 6) is 0. The van der Waals surface area contributed by atoms with Crippen LogP contribution in [0.2, 0.25) is 0 Å². The zero-order valence-corrected chi connectivity index (χ0v) is 34.8. The van der Waals surface area contributed by atoms with Gasteiger partial charge in [0.15, 0.2) is 0 Å². The topological polar surface area (TPSA) is 21.3 Å². The maximum atomic E-state index is 6.94. The van der Waals surface area contributed by atoms with Gasteiger partial charge in [0.25, 0.3) is 0 Å². The Hall–Kier alpha value is -6.60. The zero-order valence-electron chi connectivity index (χ0n) is 33.2. The highest BCUT2D eigenvalue weighted by molar-refractivity contribution is 7.26. The van der Waals surface area contributed by atoms with Crippen molar-refractivity contribution in [3.8, 4) is 22.3 Å². The van der Waals surface area contributed by atoms with Crippen LogP contribution < -0.4 is 15.8 Å². The number of para-hydroxylation sites is 2. The van der Waals surface area contributed by atoms with Crippen molar-refractivity contribution in [3.05, 3.63) is 163 Å². The lowest BCUT2D eigenvalue weighted by atomic mass is 9.45. The van der Waals surface area contributed by atoms with E-state index in [0.717, 1.165) is 22.2 Å². The zero-order chi connectivity index (χ0) is 39.6. The first-order valence-electron chi connectivity index (χ1n) is 20.8. The number of rotatable bonds is 2. The van der Waals surface area contributed by atoms with Gasteiger partial charge in [0, 0.05) is 85.9 Å². The maximum absolute atomic E-state index is 6.94. The third-order valence-electron chi connectivity index (χ3n) is 13.3. The highest BCUT2D eigenvalue weighted by Crippen LogP contribution is 2.53. The molecule has 0 radical (unpaired) electrons. The molecule has 0 saturated heterocycles. The average Bonchev–Trinajstić information content (AvgIpc) is 4.03. The van der Waals surface area contributed by atoms with Gasteiger partial charge in [-0.1, -0.05) is 136 Å². The summed E-state index contributed by atoms with van der Waals surface area (Å²) in [6, 6.07) is 59.0. The molecular formula is C54H35BN2OS2. The normalized spacial score (nSPS) is 13.5. The number of aromatic nitrogens is 1. The van der Waals surface area contributed by atoms with Gasteiger partial charge in [-0.05, 0) is 69.4 Å². The van der Waals surface area contributed by atoms with Crippen molar-refractivity contribution >= 4 is 131 Å². The Kier molecular flexibility index (Phi) is 6.41. The van der Waals surface area contributed by atoms with Crippen LogP contribution in [-0.4, -0.2) is 11.3 Å². The summed E-state index contributed by atoms with van der Waals surface area (Å²) < 4.78 is 13.6. The van der Waals surface area contributed by atoms with Crippen LogP contribution in [0, 0.1) is 0 Å². The SMILES string of the molecule is CC(C)(C)c1ccc(N2c3cc4sc5ccccc5c4cc3B3c4c2cc2oc5ccccc5c2c4-c2cccc4c5c6ccccc6sc5n3c24)c(-c2ccccc2)c1. The van der Waals surface area contributed by atoms with Gasteiger partial charge in [0.05, 0.1) is 10.5 Å². The lowest BCUT2D eigenvalue weighted by Gasteiger charge is -2.41. The molecule has 6 heterocycles. The molecule has 0 saturated carbocycles. The molecule has 2 aliphatic rings. The van der Waals surface area contributed by atoms with Crippen molar-refractivity contribution in [1.82, 2.24) is 4.48 Å². The Bertz CT molecular complexity index is 3840. The summed E-state index contributed by atoms with van der Waals surface area (Å²) >= 11 is 3.82. The number of furan rings is 1. The highest BCUT2D eigenvalue weighted by atomic mass is 32.1. The molecule has 0 N–H and O–H groups in total. The second-order valence-corrected chi connectivity index (χ2v) is 19.7. The number of hydrogen-bond acceptors (Lipinski definition) is 4. The molecular weight excluding hydrogens is 768 g/mol. The molecule has 6 heteroatoms. The summed E-state index contributed by atoms with van der Waals surface area (Å²) in [5, 5.41) is 8.97. The van der Waals surface area contributed by atoms with Crippen molar-refractivity contribution in [2.45, 2.75) is 26.2 Å². The number of thiophene rings is 2. The Labute approximate surface area is 354 Å². The number of nitrogens with zero attached hydrogens (tertiary/aromatic N) is 2. The third-order valence-corrected chi connectivity index (χ3v) is 15.6. The minimum Gasteiger partial charge on any atom is -0.456 e. The fourth-order valence-electron chi connectivity index (χ4n) is 10.7. The van der Waals surface area contributed by atoms with E-state index >= 15 is 0 Å². The summed E-state index contributed by atoms with van der Waals surface area (Å²) in [4.78, 5) is 3.92. The van der Waals surface area contributed by atoms with Gasteiger partial charge in [0.2, 0.25) is 0 Å². The second-order valence-electron chi connectivity index (χ2n) is 17.6. The van der Waals surface area contributed by atoms with Gasteiger partial charge in [0.1, 0.15) is 11.2 Å². The van der Waals surface area contributed by atoms with Crippen molar-refractivity contribution in [1.29, 1.82) is 0 Å². The fourth-order valence-corrected chi connectivity index (χ4v) is 13.1. The number of benzene rings is 8. The number of hydrogen-bond donors (Lipinski definition) is 0. The molecule has 0 amide bonds. The van der Waals surface area contributed by atoms with E-state index in [-0.39, 0.29) is 12.3 Å². The monoisotopic (exact) mass is 802 g/mol. The quantitative estimate of drug-likeness (QED) is 0.162. The van der Waals surface area contributed by atoms with Crippen LogP contribution in [0.4, 0.5) is 17.1 Å². The molecule has 0 spiro atoms. The predicted molar refractivity (Wildman–Crippen MR) is 260 cm³/mol. The Balaban J connectivity index is 1.21. The molecule has 60 heavy (non-hydrogen) atoms. The molecule has 0 atom stereocenters. The van der Waals surface area contributed by atoms with E-state index in [4.69, 9.17) is 4.42 Å². The molecule has 0 unspecified atom stereocenters. The average molecular weight is 803 g/mol. The molecule has 3 nitrogen and oxygen atoms in total. The molecule has 14 rings (SSSR count). The van der Waals surface area contributed by atoms with Crippen molar-refractivity contribution in [2.24, 2.45) is 0 Å². The van der Waals surface area contributed by atoms with E-state index in [1.807, 2.05) is 22.7 Å². The molecule has 0 fully saturated rings. The van der Waals surface area contributed by atoms with Crippen molar-refractivity contribution < 1.29 is 4.42 Å². The van der Waals surface area contributed by atoms with Crippen LogP contribution in [0.3, 0.4) is 0 Å². The van der Waals surface area contributed by atoms with Gasteiger partial charge in [-0.25, -0.2) is 0 Å². The van der Waals surface area contributed by atoms with Gasteiger partial charge in [-0.15, -0.1) is 22.7 Å². The summed E-state index contributed by atoms with van der Waals surface area (Å²) in [7, 11) is 0. The van der Waals surface area contributed by atoms with Crippen molar-refractivity contribution in [3.63, 3.8) is 0 Å². The fraction of sp³-hybridized carbons (Fsp3) is 0.0741. The summed E-state index contributed by atoms with van der Waals surface area (Å²) in [5.41, 5.74) is 15.6. The minimum absolute atomic E-state index is 0.0261. The molecule has 0 bridgehead atoms. The lowest BCUT2D eigenvalue weighted by molar-refractivity contribution is 0.590. The van der Waals surface area contributed by atoms with E-state index in [9.17, 15) is 0 Å². The van der Waals surface area contributed by atoms with Crippen LogP contribution in [0.15, 0.2) is 162 Å². The first kappa shape index (κ1) is 33.3. The van der Waals surface area contributed by atoms with E-state index in [1.165, 1.54) is 107 Å². The van der Waals surface area contributed by atoms with Gasteiger partial charge in [-0.2, -0.15) is 0 Å².